The predicted molar refractivity (Wildman–Crippen MR) is 157 cm³/mol. The molecule has 2 heterocycles. The average Bonchev–Trinajstić information content (AvgIpc) is 3.27. The Bertz CT molecular complexity index is 1580. The van der Waals surface area contributed by atoms with Gasteiger partial charge in [-0.1, -0.05) is 30.3 Å². The molecule has 8 heteroatoms. The van der Waals surface area contributed by atoms with Gasteiger partial charge in [0.1, 0.15) is 17.2 Å². The molecule has 4 aromatic rings. The van der Waals surface area contributed by atoms with Gasteiger partial charge in [-0.25, -0.2) is 9.18 Å². The van der Waals surface area contributed by atoms with Crippen LogP contribution in [-0.4, -0.2) is 65.3 Å². The van der Waals surface area contributed by atoms with E-state index in [0.29, 0.717) is 49.5 Å². The number of nitrogens with zero attached hydrogens (tertiary/aromatic N) is 3. The molecule has 0 spiro atoms. The van der Waals surface area contributed by atoms with Crippen molar-refractivity contribution in [3.8, 4) is 11.4 Å². The normalized spacial score (nSPS) is 13.9. The van der Waals surface area contributed by atoms with Gasteiger partial charge in [0.25, 0.3) is 5.91 Å². The topological polar surface area (TPSA) is 64.0 Å². The Kier molecular flexibility index (Phi) is 7.76. The molecule has 0 radical (unpaired) electrons. The van der Waals surface area contributed by atoms with Crippen molar-refractivity contribution in [2.24, 2.45) is 0 Å². The summed E-state index contributed by atoms with van der Waals surface area (Å²) in [6.07, 6.45) is -0.0219. The van der Waals surface area contributed by atoms with E-state index in [1.165, 1.54) is 6.07 Å². The zero-order valence-electron chi connectivity index (χ0n) is 24.2. The Morgan fingerprint density at radius 1 is 0.902 bits per heavy atom. The number of para-hydroxylation sites is 1. The quantitative estimate of drug-likeness (QED) is 0.286. The molecule has 0 unspecified atom stereocenters. The number of hydrogen-bond acceptors (Lipinski definition) is 4. The van der Waals surface area contributed by atoms with Crippen molar-refractivity contribution in [1.29, 1.82) is 0 Å². The third-order valence-corrected chi connectivity index (χ3v) is 7.46. The highest BCUT2D eigenvalue weighted by molar-refractivity contribution is 6.09. The van der Waals surface area contributed by atoms with Gasteiger partial charge in [-0.15, -0.1) is 0 Å². The van der Waals surface area contributed by atoms with Gasteiger partial charge in [-0.3, -0.25) is 4.79 Å². The van der Waals surface area contributed by atoms with Gasteiger partial charge >= 0.3 is 6.09 Å². The number of fused-ring (bicyclic) bond motifs is 1. The molecule has 2 amide bonds. The van der Waals surface area contributed by atoms with Gasteiger partial charge in [0.2, 0.25) is 0 Å². The number of carbonyl (C=O) groups is 2. The summed E-state index contributed by atoms with van der Waals surface area (Å²) in [6.45, 7) is 8.77. The minimum Gasteiger partial charge on any atom is -0.497 e. The summed E-state index contributed by atoms with van der Waals surface area (Å²) in [7, 11) is 1.60. The number of ether oxygens (including phenoxy) is 2. The van der Waals surface area contributed by atoms with Crippen LogP contribution in [0.1, 0.15) is 48.0 Å². The van der Waals surface area contributed by atoms with Crippen molar-refractivity contribution < 1.29 is 23.5 Å². The molecule has 0 atom stereocenters. The van der Waals surface area contributed by atoms with Crippen LogP contribution < -0.4 is 4.74 Å². The Hall–Kier alpha value is -4.33. The summed E-state index contributed by atoms with van der Waals surface area (Å²) >= 11 is 0. The molecule has 1 saturated heterocycles. The highest BCUT2D eigenvalue weighted by Gasteiger charge is 2.32. The molecule has 41 heavy (non-hydrogen) atoms. The van der Waals surface area contributed by atoms with Crippen molar-refractivity contribution in [1.82, 2.24) is 14.4 Å². The molecule has 7 nitrogen and oxygen atoms in total. The second kappa shape index (κ2) is 11.3. The fraction of sp³-hybridized carbons (Fsp3) is 0.333. The minimum atomic E-state index is -0.591. The summed E-state index contributed by atoms with van der Waals surface area (Å²) < 4.78 is 27.8. The van der Waals surface area contributed by atoms with Gasteiger partial charge in [-0.05, 0) is 75.2 Å². The van der Waals surface area contributed by atoms with Crippen molar-refractivity contribution in [2.75, 3.05) is 33.3 Å². The first-order chi connectivity index (χ1) is 19.6. The van der Waals surface area contributed by atoms with Crippen LogP contribution in [0.3, 0.4) is 0 Å². The van der Waals surface area contributed by atoms with Crippen molar-refractivity contribution in [2.45, 2.75) is 39.7 Å². The molecule has 214 valence electrons. The van der Waals surface area contributed by atoms with Crippen molar-refractivity contribution in [3.05, 3.63) is 94.9 Å². The Labute approximate surface area is 240 Å². The van der Waals surface area contributed by atoms with E-state index < -0.39 is 5.60 Å². The van der Waals surface area contributed by atoms with Gasteiger partial charge < -0.3 is 23.8 Å². The number of piperazine rings is 1. The molecule has 3 aromatic carbocycles. The maximum Gasteiger partial charge on any atom is 0.410 e. The Balaban J connectivity index is 1.61. The molecule has 5 rings (SSSR count). The summed E-state index contributed by atoms with van der Waals surface area (Å²) in [5.41, 5.74) is 3.86. The Morgan fingerprint density at radius 2 is 1.59 bits per heavy atom. The third-order valence-electron chi connectivity index (χ3n) is 7.46. The lowest BCUT2D eigenvalue weighted by Crippen LogP contribution is -2.51. The lowest BCUT2D eigenvalue weighted by atomic mass is 9.99. The number of hydrogen-bond donors (Lipinski definition) is 0. The largest absolute Gasteiger partial charge is 0.497 e. The third kappa shape index (κ3) is 5.78. The zero-order valence-corrected chi connectivity index (χ0v) is 24.2. The summed E-state index contributed by atoms with van der Waals surface area (Å²) in [5.74, 6) is 0.225. The van der Waals surface area contributed by atoms with Crippen LogP contribution in [0, 0.1) is 12.7 Å². The molecule has 0 aliphatic carbocycles. The van der Waals surface area contributed by atoms with Crippen LogP contribution in [0.25, 0.3) is 16.6 Å². The summed E-state index contributed by atoms with van der Waals surface area (Å²) in [5, 5.41) is 0.761. The lowest BCUT2D eigenvalue weighted by Gasteiger charge is -2.35. The summed E-state index contributed by atoms with van der Waals surface area (Å²) in [6, 6.07) is 20.6. The fourth-order valence-corrected chi connectivity index (χ4v) is 5.33. The van der Waals surface area contributed by atoms with Crippen molar-refractivity contribution >= 4 is 22.9 Å². The van der Waals surface area contributed by atoms with Crippen LogP contribution >= 0.6 is 0 Å². The van der Waals surface area contributed by atoms with E-state index in [-0.39, 0.29) is 17.8 Å². The highest BCUT2D eigenvalue weighted by atomic mass is 19.1. The van der Waals surface area contributed by atoms with E-state index in [9.17, 15) is 14.0 Å². The number of halogens is 1. The van der Waals surface area contributed by atoms with Crippen LogP contribution in [0.15, 0.2) is 66.7 Å². The second-order valence-corrected chi connectivity index (χ2v) is 11.3. The van der Waals surface area contributed by atoms with Gasteiger partial charge in [0.05, 0.1) is 18.2 Å². The number of benzene rings is 3. The monoisotopic (exact) mass is 557 g/mol. The molecule has 1 aromatic heterocycles. The minimum absolute atomic E-state index is 0.133. The van der Waals surface area contributed by atoms with E-state index in [1.54, 1.807) is 29.9 Å². The fourth-order valence-electron chi connectivity index (χ4n) is 5.33. The SMILES string of the molecule is COc1ccc2c(c1)c(C(=O)N1CCN(C(=O)OC(C)(C)C)CC1)c(Cc1cccc(F)c1C)n2-c1ccccc1. The van der Waals surface area contributed by atoms with Gasteiger partial charge in [-0.2, -0.15) is 0 Å². The van der Waals surface area contributed by atoms with E-state index in [4.69, 9.17) is 9.47 Å². The first kappa shape index (κ1) is 28.2. The van der Waals surface area contributed by atoms with E-state index in [2.05, 4.69) is 4.57 Å². The molecule has 0 bridgehead atoms. The number of carbonyl (C=O) groups excluding carboxylic acids is 2. The van der Waals surface area contributed by atoms with Crippen molar-refractivity contribution in [3.63, 3.8) is 0 Å². The number of rotatable bonds is 5. The highest BCUT2D eigenvalue weighted by Crippen LogP contribution is 2.35. The molecular weight excluding hydrogens is 521 g/mol. The zero-order chi connectivity index (χ0) is 29.3. The van der Waals surface area contributed by atoms with E-state index in [0.717, 1.165) is 27.8 Å². The van der Waals surface area contributed by atoms with Crippen LogP contribution in [0.5, 0.6) is 5.75 Å². The second-order valence-electron chi connectivity index (χ2n) is 11.3. The van der Waals surface area contributed by atoms with Crippen LogP contribution in [0.2, 0.25) is 0 Å². The standard InChI is InChI=1S/C33H36FN3O4/c1-22-23(10-9-13-27(22)34)20-29-30(31(38)35-16-18-36(19-17-35)32(39)41-33(2,3)4)26-21-25(40-5)14-15-28(26)37(29)24-11-7-6-8-12-24/h6-15,21H,16-20H2,1-5H3. The molecule has 1 fully saturated rings. The summed E-state index contributed by atoms with van der Waals surface area (Å²) in [4.78, 5) is 30.4. The molecule has 1 aliphatic heterocycles. The van der Waals surface area contributed by atoms with Gasteiger partial charge in [0.15, 0.2) is 0 Å². The predicted octanol–water partition coefficient (Wildman–Crippen LogP) is 6.37. The van der Waals surface area contributed by atoms with Gasteiger partial charge in [0, 0.05) is 49.4 Å². The van der Waals surface area contributed by atoms with E-state index in [1.807, 2.05) is 75.4 Å². The number of methoxy groups -OCH3 is 1. The van der Waals surface area contributed by atoms with Crippen LogP contribution in [-0.2, 0) is 11.2 Å². The Morgan fingerprint density at radius 3 is 2.24 bits per heavy atom. The number of aromatic nitrogens is 1. The first-order valence-corrected chi connectivity index (χ1v) is 13.9. The average molecular weight is 558 g/mol. The maximum atomic E-state index is 14.6. The lowest BCUT2D eigenvalue weighted by molar-refractivity contribution is 0.0141. The molecule has 0 saturated carbocycles. The van der Waals surface area contributed by atoms with E-state index >= 15 is 0 Å². The molecule has 1 aliphatic rings. The molecule has 0 N–H and O–H groups in total. The first-order valence-electron chi connectivity index (χ1n) is 13.9. The molecular formula is C33H36FN3O4. The maximum absolute atomic E-state index is 14.6. The smallest absolute Gasteiger partial charge is 0.410 e. The van der Waals surface area contributed by atoms with Crippen LogP contribution in [0.4, 0.5) is 9.18 Å². The number of amides is 2.